The third-order valence-corrected chi connectivity index (χ3v) is 11.5. The summed E-state index contributed by atoms with van der Waals surface area (Å²) >= 11 is 6.57. The molecule has 0 spiro atoms. The van der Waals surface area contributed by atoms with Crippen LogP contribution in [0.2, 0.25) is 5.02 Å². The summed E-state index contributed by atoms with van der Waals surface area (Å²) < 4.78 is 54.1. The molecule has 1 amide bonds. The minimum Gasteiger partial charge on any atom is -0.481 e. The van der Waals surface area contributed by atoms with Gasteiger partial charge >= 0.3 is 5.97 Å². The molecular formula is C34H40ClFN4O8S. The first kappa shape index (κ1) is 35.4. The highest BCUT2D eigenvalue weighted by Gasteiger charge is 2.53. The Hall–Kier alpha value is -3.40. The second-order valence-corrected chi connectivity index (χ2v) is 15.4. The van der Waals surface area contributed by atoms with Crippen LogP contribution in [-0.2, 0) is 30.8 Å². The van der Waals surface area contributed by atoms with Gasteiger partial charge in [0.1, 0.15) is 17.7 Å². The van der Waals surface area contributed by atoms with Gasteiger partial charge in [-0.05, 0) is 62.3 Å². The Bertz CT molecular complexity index is 1830. The van der Waals surface area contributed by atoms with Gasteiger partial charge in [0.2, 0.25) is 15.9 Å². The van der Waals surface area contributed by atoms with Crippen LogP contribution in [0.5, 0.6) is 0 Å². The molecule has 12 nitrogen and oxygen atoms in total. The summed E-state index contributed by atoms with van der Waals surface area (Å²) in [6, 6.07) is 9.42. The minimum atomic E-state index is -3.46. The van der Waals surface area contributed by atoms with E-state index in [1.165, 1.54) is 16.6 Å². The van der Waals surface area contributed by atoms with Crippen molar-refractivity contribution in [2.24, 2.45) is 5.92 Å². The molecule has 1 aliphatic carbocycles. The standard InChI is InChI=1S/C34H40ClFN4O8S/c1-49(45,46)40-16-14-39(15-17-40)34(38-12-4-5-13-38,48-24-10-8-22(9-11-24)33(43)44)31(41)19-23-18-27(35)29(20-28(23)36)37-32(42)26-21-47-30-7-3-2-6-25(26)30/h2-3,6-7,18,20-22,24H,4-5,8-17,19H2,1H3,(H,37,42)(H,43,44). The van der Waals surface area contributed by atoms with Crippen LogP contribution in [0.25, 0.3) is 11.0 Å². The van der Waals surface area contributed by atoms with E-state index in [9.17, 15) is 27.9 Å². The number of fused-ring (bicyclic) bond motifs is 1. The number of furan rings is 1. The Morgan fingerprint density at radius 2 is 1.67 bits per heavy atom. The lowest BCUT2D eigenvalue weighted by atomic mass is 9.87. The van der Waals surface area contributed by atoms with Gasteiger partial charge < -0.3 is 19.6 Å². The topological polar surface area (TPSA) is 150 Å². The van der Waals surface area contributed by atoms with Crippen molar-refractivity contribution in [2.75, 3.05) is 50.8 Å². The molecular weight excluding hydrogens is 679 g/mol. The largest absolute Gasteiger partial charge is 0.481 e. The van der Waals surface area contributed by atoms with E-state index in [2.05, 4.69) is 5.32 Å². The molecule has 2 aromatic carbocycles. The van der Waals surface area contributed by atoms with Crippen molar-refractivity contribution in [1.82, 2.24) is 14.1 Å². The number of benzene rings is 2. The van der Waals surface area contributed by atoms with Gasteiger partial charge in [-0.3, -0.25) is 24.2 Å². The summed E-state index contributed by atoms with van der Waals surface area (Å²) in [5, 5.41) is 12.8. The number of amides is 1. The number of aliphatic carboxylic acids is 1. The first-order valence-electron chi connectivity index (χ1n) is 16.5. The molecule has 2 saturated heterocycles. The number of rotatable bonds is 11. The van der Waals surface area contributed by atoms with Crippen molar-refractivity contribution in [2.45, 2.75) is 56.9 Å². The zero-order valence-electron chi connectivity index (χ0n) is 27.2. The van der Waals surface area contributed by atoms with Gasteiger partial charge in [-0.25, -0.2) is 12.8 Å². The molecule has 2 aliphatic heterocycles. The Labute approximate surface area is 289 Å². The molecule has 264 valence electrons. The number of para-hydroxylation sites is 1. The highest BCUT2D eigenvalue weighted by atomic mass is 35.5. The van der Waals surface area contributed by atoms with Crippen molar-refractivity contribution in [3.05, 3.63) is 64.6 Å². The lowest BCUT2D eigenvalue weighted by molar-refractivity contribution is -0.259. The molecule has 6 rings (SSSR count). The molecule has 1 saturated carbocycles. The number of likely N-dealkylation sites (tertiary alicyclic amines) is 1. The van der Waals surface area contributed by atoms with Crippen LogP contribution in [-0.4, -0.2) is 103 Å². The molecule has 0 radical (unpaired) electrons. The third kappa shape index (κ3) is 7.40. The number of ether oxygens (including phenoxy) is 1. The van der Waals surface area contributed by atoms with Gasteiger partial charge in [-0.1, -0.05) is 29.8 Å². The zero-order valence-corrected chi connectivity index (χ0v) is 28.8. The number of Topliss-reactive ketones (excluding diaryl/α,β-unsaturated/α-hetero) is 1. The van der Waals surface area contributed by atoms with Crippen molar-refractivity contribution < 1.29 is 41.5 Å². The minimum absolute atomic E-state index is 0.0123. The number of hydrogen-bond donors (Lipinski definition) is 2. The number of halogens is 2. The number of carboxylic acids is 1. The molecule has 3 heterocycles. The highest BCUT2D eigenvalue weighted by Crippen LogP contribution is 2.37. The van der Waals surface area contributed by atoms with E-state index in [4.69, 9.17) is 20.8 Å². The van der Waals surface area contributed by atoms with E-state index in [1.807, 2.05) is 9.80 Å². The van der Waals surface area contributed by atoms with Crippen LogP contribution in [0, 0.1) is 11.7 Å². The summed E-state index contributed by atoms with van der Waals surface area (Å²) in [4.78, 5) is 43.3. The van der Waals surface area contributed by atoms with Crippen LogP contribution >= 0.6 is 11.6 Å². The predicted octanol–water partition coefficient (Wildman–Crippen LogP) is 4.58. The van der Waals surface area contributed by atoms with Crippen molar-refractivity contribution >= 4 is 55.9 Å². The molecule has 3 aliphatic rings. The Kier molecular flexibility index (Phi) is 10.4. The predicted molar refractivity (Wildman–Crippen MR) is 180 cm³/mol. The van der Waals surface area contributed by atoms with E-state index in [-0.39, 0.29) is 54.4 Å². The maximum absolute atomic E-state index is 15.8. The summed E-state index contributed by atoms with van der Waals surface area (Å²) in [7, 11) is -3.46. The number of nitrogens with zero attached hydrogens (tertiary/aromatic N) is 3. The average Bonchev–Trinajstić information content (AvgIpc) is 3.77. The van der Waals surface area contributed by atoms with Crippen molar-refractivity contribution in [1.29, 1.82) is 0 Å². The fourth-order valence-corrected chi connectivity index (χ4v) is 8.28. The number of sulfonamides is 1. The zero-order chi connectivity index (χ0) is 34.9. The summed E-state index contributed by atoms with van der Waals surface area (Å²) in [6.45, 7) is 1.79. The molecule has 1 aromatic heterocycles. The maximum atomic E-state index is 15.8. The number of piperazine rings is 1. The first-order valence-corrected chi connectivity index (χ1v) is 18.7. The lowest BCUT2D eigenvalue weighted by Crippen LogP contribution is -2.71. The van der Waals surface area contributed by atoms with E-state index >= 15 is 4.39 Å². The lowest BCUT2D eigenvalue weighted by Gasteiger charge is -2.51. The van der Waals surface area contributed by atoms with Crippen molar-refractivity contribution in [3.8, 4) is 0 Å². The second-order valence-electron chi connectivity index (χ2n) is 13.0. The average molecular weight is 719 g/mol. The number of hydrogen-bond acceptors (Lipinski definition) is 9. The number of anilines is 1. The van der Waals surface area contributed by atoms with Crippen LogP contribution in [0.15, 0.2) is 47.1 Å². The normalized spacial score (nSPS) is 22.6. The van der Waals surface area contributed by atoms with Gasteiger partial charge in [0, 0.05) is 51.1 Å². The van der Waals surface area contributed by atoms with Crippen LogP contribution in [0.3, 0.4) is 0 Å². The van der Waals surface area contributed by atoms with Crippen molar-refractivity contribution in [3.63, 3.8) is 0 Å². The van der Waals surface area contributed by atoms with Gasteiger partial charge in [0.05, 0.1) is 34.6 Å². The molecule has 0 bridgehead atoms. The number of ketones is 1. The Balaban J connectivity index is 1.28. The fraction of sp³-hybridized carbons (Fsp3) is 0.500. The molecule has 1 atom stereocenters. The van der Waals surface area contributed by atoms with Crippen LogP contribution < -0.4 is 5.32 Å². The quantitative estimate of drug-likeness (QED) is 0.289. The molecule has 3 fully saturated rings. The van der Waals surface area contributed by atoms with Gasteiger partial charge in [-0.15, -0.1) is 0 Å². The molecule has 1 unspecified atom stereocenters. The number of carboxylic acid groups (broad SMARTS) is 1. The van der Waals surface area contributed by atoms with Crippen LogP contribution in [0.4, 0.5) is 10.1 Å². The first-order chi connectivity index (χ1) is 23.4. The summed E-state index contributed by atoms with van der Waals surface area (Å²) in [5.74, 6) is -4.69. The van der Waals surface area contributed by atoms with E-state index in [0.717, 1.165) is 25.2 Å². The number of carbonyl (C=O) groups excluding carboxylic acids is 2. The van der Waals surface area contributed by atoms with Gasteiger partial charge in [0.25, 0.3) is 5.91 Å². The summed E-state index contributed by atoms with van der Waals surface area (Å²) in [6.07, 6.45) is 4.94. The number of carbonyl (C=O) groups is 3. The van der Waals surface area contributed by atoms with Gasteiger partial charge in [-0.2, -0.15) is 4.31 Å². The fourth-order valence-electron chi connectivity index (χ4n) is 7.22. The molecule has 49 heavy (non-hydrogen) atoms. The van der Waals surface area contributed by atoms with E-state index in [1.54, 1.807) is 24.3 Å². The molecule has 3 aromatic rings. The number of nitrogens with one attached hydrogen (secondary N) is 1. The van der Waals surface area contributed by atoms with Crippen LogP contribution in [0.1, 0.15) is 54.4 Å². The van der Waals surface area contributed by atoms with E-state index in [0.29, 0.717) is 49.7 Å². The maximum Gasteiger partial charge on any atom is 0.306 e. The highest BCUT2D eigenvalue weighted by molar-refractivity contribution is 7.88. The second kappa shape index (κ2) is 14.4. The van der Waals surface area contributed by atoms with Gasteiger partial charge in [0.15, 0.2) is 5.78 Å². The smallest absolute Gasteiger partial charge is 0.306 e. The van der Waals surface area contributed by atoms with E-state index < -0.39 is 51.4 Å². The SMILES string of the molecule is CS(=O)(=O)N1CCN(C(OC2CCC(C(=O)O)CC2)(C(=O)Cc2cc(Cl)c(NC(=O)c3coc4ccccc34)cc2F)N2CCCC2)CC1. The Morgan fingerprint density at radius 3 is 2.33 bits per heavy atom. The Morgan fingerprint density at radius 1 is 1.02 bits per heavy atom. The third-order valence-electron chi connectivity index (χ3n) is 9.85. The summed E-state index contributed by atoms with van der Waals surface area (Å²) in [5.41, 5.74) is 0.820. The molecule has 2 N–H and O–H groups in total. The monoisotopic (exact) mass is 718 g/mol. The molecule has 15 heteroatoms.